The number of likely N-dealkylation sites (tertiary alicyclic amines) is 1. The molecule has 1 aromatic carbocycles. The first-order chi connectivity index (χ1) is 13.7. The molecule has 4 nitrogen and oxygen atoms in total. The first-order valence-electron chi connectivity index (χ1n) is 11.6. The lowest BCUT2D eigenvalue weighted by molar-refractivity contribution is -0.125. The molecule has 162 valence electrons. The van der Waals surface area contributed by atoms with E-state index in [1.54, 1.807) is 0 Å². The molecule has 29 heavy (non-hydrogen) atoms. The first-order valence-corrected chi connectivity index (χ1v) is 11.6. The Hall–Kier alpha value is -1.26. The Labute approximate surface area is 182 Å². The van der Waals surface area contributed by atoms with E-state index >= 15 is 0 Å². The molecule has 5 heteroatoms. The number of benzene rings is 1. The van der Waals surface area contributed by atoms with Crippen molar-refractivity contribution in [2.24, 2.45) is 0 Å². The quantitative estimate of drug-likeness (QED) is 0.729. The van der Waals surface area contributed by atoms with Crippen LogP contribution in [-0.4, -0.2) is 42.1 Å². The van der Waals surface area contributed by atoms with Crippen molar-refractivity contribution >= 4 is 24.0 Å². The molecule has 1 amide bonds. The summed E-state index contributed by atoms with van der Waals surface area (Å²) in [6, 6.07) is 9.23. The van der Waals surface area contributed by atoms with Gasteiger partial charge in [0.15, 0.2) is 0 Å². The van der Waals surface area contributed by atoms with Crippen LogP contribution in [0.1, 0.15) is 76.2 Å². The highest BCUT2D eigenvalue weighted by molar-refractivity contribution is 5.93. The highest BCUT2D eigenvalue weighted by atomic mass is 35.5. The van der Waals surface area contributed by atoms with Crippen LogP contribution in [0.5, 0.6) is 0 Å². The molecule has 0 bridgehead atoms. The van der Waals surface area contributed by atoms with E-state index in [4.69, 9.17) is 0 Å². The van der Waals surface area contributed by atoms with Crippen LogP contribution in [0.4, 0.5) is 5.69 Å². The lowest BCUT2D eigenvalue weighted by Crippen LogP contribution is -2.58. The lowest BCUT2D eigenvalue weighted by atomic mass is 9.84. The number of nitrogens with one attached hydrogen (secondary N) is 1. The van der Waals surface area contributed by atoms with E-state index < -0.39 is 0 Å². The minimum absolute atomic E-state index is 0. The number of hydrogen-bond donors (Lipinski definition) is 1. The number of halogens is 1. The fourth-order valence-corrected chi connectivity index (χ4v) is 5.68. The monoisotopic (exact) mass is 419 g/mol. The second-order valence-corrected chi connectivity index (χ2v) is 9.15. The van der Waals surface area contributed by atoms with Gasteiger partial charge in [0, 0.05) is 24.8 Å². The molecule has 1 N–H and O–H groups in total. The number of amides is 1. The van der Waals surface area contributed by atoms with Crippen LogP contribution < -0.4 is 10.2 Å². The van der Waals surface area contributed by atoms with Crippen LogP contribution in [0.25, 0.3) is 0 Å². The highest BCUT2D eigenvalue weighted by Gasteiger charge is 2.51. The maximum atomic E-state index is 12.9. The maximum absolute atomic E-state index is 12.9. The van der Waals surface area contributed by atoms with Crippen molar-refractivity contribution in [2.75, 3.05) is 24.7 Å². The normalized spacial score (nSPS) is 24.2. The van der Waals surface area contributed by atoms with Gasteiger partial charge < -0.3 is 15.1 Å². The summed E-state index contributed by atoms with van der Waals surface area (Å²) in [5, 5.41) is 3.15. The van der Waals surface area contributed by atoms with Gasteiger partial charge >= 0.3 is 0 Å². The molecule has 1 aromatic rings. The minimum Gasteiger partial charge on any atom is -0.339 e. The topological polar surface area (TPSA) is 35.6 Å². The number of hydrogen-bond acceptors (Lipinski definition) is 3. The fraction of sp³-hybridized carbons (Fsp3) is 0.708. The number of rotatable bonds is 2. The van der Waals surface area contributed by atoms with E-state index in [9.17, 15) is 4.79 Å². The summed E-state index contributed by atoms with van der Waals surface area (Å²) in [4.78, 5) is 18.0. The number of para-hydroxylation sites is 1. The number of anilines is 1. The van der Waals surface area contributed by atoms with Gasteiger partial charge in [-0.05, 0) is 44.2 Å². The van der Waals surface area contributed by atoms with Gasteiger partial charge in [0.25, 0.3) is 0 Å². The van der Waals surface area contributed by atoms with Gasteiger partial charge in [-0.2, -0.15) is 0 Å². The number of carbonyl (C=O) groups is 1. The van der Waals surface area contributed by atoms with E-state index in [-0.39, 0.29) is 23.9 Å². The number of carbonyl (C=O) groups excluding carboxylic acids is 1. The standard InChI is InChI=1S/C24H37N3O.ClH/c1-20-11-9-10-14-22(20)27-19-25-23(28)24(27)15-17-26(18-16-24)21-12-7-5-3-2-4-6-8-13-21;/h9-11,14,21H,2-8,12-13,15-19H2,1H3,(H,25,28);1H. The van der Waals surface area contributed by atoms with Gasteiger partial charge in [-0.25, -0.2) is 0 Å². The van der Waals surface area contributed by atoms with Crippen molar-refractivity contribution in [3.63, 3.8) is 0 Å². The third kappa shape index (κ3) is 4.74. The Morgan fingerprint density at radius 2 is 1.52 bits per heavy atom. The third-order valence-corrected chi connectivity index (χ3v) is 7.46. The Morgan fingerprint density at radius 3 is 2.14 bits per heavy atom. The SMILES string of the molecule is Cc1ccccc1N1CNC(=O)C12CCN(C1CCCCCCCCC1)CC2.Cl. The Balaban J connectivity index is 0.00000240. The average Bonchev–Trinajstić information content (AvgIpc) is 3.03. The molecule has 0 radical (unpaired) electrons. The van der Waals surface area contributed by atoms with E-state index in [2.05, 4.69) is 46.3 Å². The molecule has 4 rings (SSSR count). The lowest BCUT2D eigenvalue weighted by Gasteiger charge is -2.46. The summed E-state index contributed by atoms with van der Waals surface area (Å²) in [7, 11) is 0. The summed E-state index contributed by atoms with van der Waals surface area (Å²) < 4.78 is 0. The Morgan fingerprint density at radius 1 is 0.931 bits per heavy atom. The average molecular weight is 420 g/mol. The molecule has 2 aliphatic heterocycles. The molecular weight excluding hydrogens is 382 g/mol. The molecule has 1 aliphatic carbocycles. The van der Waals surface area contributed by atoms with Crippen LogP contribution in [-0.2, 0) is 4.79 Å². The maximum Gasteiger partial charge on any atom is 0.247 e. The van der Waals surface area contributed by atoms with Crippen molar-refractivity contribution in [1.29, 1.82) is 0 Å². The zero-order chi connectivity index (χ0) is 19.4. The zero-order valence-corrected chi connectivity index (χ0v) is 18.8. The molecule has 0 unspecified atom stereocenters. The molecule has 0 atom stereocenters. The largest absolute Gasteiger partial charge is 0.339 e. The van der Waals surface area contributed by atoms with Crippen LogP contribution in [0.3, 0.4) is 0 Å². The summed E-state index contributed by atoms with van der Waals surface area (Å²) in [5.74, 6) is 0.237. The Bertz CT molecular complexity index is 662. The zero-order valence-electron chi connectivity index (χ0n) is 18.0. The molecule has 1 saturated carbocycles. The number of aryl methyl sites for hydroxylation is 1. The minimum atomic E-state index is -0.349. The molecule has 1 spiro atoms. The van der Waals surface area contributed by atoms with Crippen LogP contribution in [0.15, 0.2) is 24.3 Å². The van der Waals surface area contributed by atoms with Crippen molar-refractivity contribution in [2.45, 2.75) is 89.1 Å². The fourth-order valence-electron chi connectivity index (χ4n) is 5.68. The van der Waals surface area contributed by atoms with Gasteiger partial charge in [0.2, 0.25) is 5.91 Å². The van der Waals surface area contributed by atoms with Gasteiger partial charge in [-0.1, -0.05) is 63.1 Å². The van der Waals surface area contributed by atoms with Crippen molar-refractivity contribution in [3.05, 3.63) is 29.8 Å². The first kappa shape index (κ1) is 22.4. The van der Waals surface area contributed by atoms with Gasteiger partial charge in [0.05, 0.1) is 6.67 Å². The van der Waals surface area contributed by atoms with E-state index in [0.29, 0.717) is 6.67 Å². The summed E-state index contributed by atoms with van der Waals surface area (Å²) >= 11 is 0. The second-order valence-electron chi connectivity index (χ2n) is 9.15. The molecule has 0 aromatic heterocycles. The smallest absolute Gasteiger partial charge is 0.247 e. The predicted molar refractivity (Wildman–Crippen MR) is 123 cm³/mol. The number of piperidine rings is 1. The van der Waals surface area contributed by atoms with Crippen LogP contribution in [0.2, 0.25) is 0 Å². The van der Waals surface area contributed by atoms with Crippen LogP contribution >= 0.6 is 12.4 Å². The highest BCUT2D eigenvalue weighted by Crippen LogP contribution is 2.38. The molecule has 3 fully saturated rings. The molecule has 2 saturated heterocycles. The van der Waals surface area contributed by atoms with E-state index in [1.807, 2.05) is 0 Å². The van der Waals surface area contributed by atoms with Crippen LogP contribution in [0, 0.1) is 6.92 Å². The molecule has 2 heterocycles. The van der Waals surface area contributed by atoms with Crippen molar-refractivity contribution in [3.8, 4) is 0 Å². The summed E-state index contributed by atoms with van der Waals surface area (Å²) in [5.41, 5.74) is 2.12. The second kappa shape index (κ2) is 10.2. The predicted octanol–water partition coefficient (Wildman–Crippen LogP) is 5.04. The number of nitrogens with zero attached hydrogens (tertiary/aromatic N) is 2. The van der Waals surface area contributed by atoms with Gasteiger partial charge in [-0.15, -0.1) is 12.4 Å². The molecular formula is C24H38ClN3O. The third-order valence-electron chi connectivity index (χ3n) is 7.46. The van der Waals surface area contributed by atoms with Crippen molar-refractivity contribution in [1.82, 2.24) is 10.2 Å². The van der Waals surface area contributed by atoms with E-state index in [1.165, 1.54) is 69.0 Å². The van der Waals surface area contributed by atoms with Crippen molar-refractivity contribution < 1.29 is 4.79 Å². The van der Waals surface area contributed by atoms with Gasteiger partial charge in [-0.3, -0.25) is 4.79 Å². The van der Waals surface area contributed by atoms with Gasteiger partial charge in [0.1, 0.15) is 5.54 Å². The summed E-state index contributed by atoms with van der Waals surface area (Å²) in [6.07, 6.45) is 14.4. The summed E-state index contributed by atoms with van der Waals surface area (Å²) in [6.45, 7) is 4.91. The van der Waals surface area contributed by atoms with E-state index in [0.717, 1.165) is 32.0 Å². The molecule has 3 aliphatic rings. The Kier molecular flexibility index (Phi) is 7.86.